The quantitative estimate of drug-likeness (QED) is 0.654. The Bertz CT molecular complexity index is 708. The van der Waals surface area contributed by atoms with Crippen LogP contribution in [-0.4, -0.2) is 37.3 Å². The Balaban J connectivity index is 1.82. The van der Waals surface area contributed by atoms with Crippen molar-refractivity contribution in [2.75, 3.05) is 12.3 Å². The summed E-state index contributed by atoms with van der Waals surface area (Å²) in [5.41, 5.74) is 5.88. The van der Waals surface area contributed by atoms with Gasteiger partial charge >= 0.3 is 0 Å². The van der Waals surface area contributed by atoms with E-state index in [9.17, 15) is 9.90 Å². The second kappa shape index (κ2) is 3.55. The Hall–Kier alpha value is -1.93. The van der Waals surface area contributed by atoms with Crippen molar-refractivity contribution in [3.05, 3.63) is 16.7 Å². The van der Waals surface area contributed by atoms with E-state index in [0.29, 0.717) is 17.5 Å². The van der Waals surface area contributed by atoms with Gasteiger partial charge in [-0.15, -0.1) is 0 Å². The number of hydrogen-bond acceptors (Lipinski definition) is 6. The third kappa shape index (κ3) is 1.44. The maximum absolute atomic E-state index is 11.7. The molecule has 0 radical (unpaired) electrons. The van der Waals surface area contributed by atoms with Crippen molar-refractivity contribution in [1.29, 1.82) is 0 Å². The highest BCUT2D eigenvalue weighted by Gasteiger charge is 2.56. The van der Waals surface area contributed by atoms with Crippen molar-refractivity contribution in [1.82, 2.24) is 19.5 Å². The van der Waals surface area contributed by atoms with Gasteiger partial charge in [0.05, 0.1) is 19.0 Å². The molecule has 2 aromatic rings. The first-order valence-corrected chi connectivity index (χ1v) is 6.17. The summed E-state index contributed by atoms with van der Waals surface area (Å²) in [5.74, 6) is 0.812. The average Bonchev–Trinajstić information content (AvgIpc) is 2.91. The molecule has 1 aliphatic heterocycles. The van der Waals surface area contributed by atoms with E-state index in [1.165, 1.54) is 0 Å². The van der Waals surface area contributed by atoms with E-state index in [1.54, 1.807) is 10.9 Å². The van der Waals surface area contributed by atoms with E-state index in [2.05, 4.69) is 15.0 Å². The van der Waals surface area contributed by atoms with Crippen molar-refractivity contribution in [2.45, 2.75) is 18.8 Å². The smallest absolute Gasteiger partial charge is 0.280 e. The largest absolute Gasteiger partial charge is 0.394 e. The Morgan fingerprint density at radius 1 is 1.58 bits per heavy atom. The molecule has 3 heterocycles. The minimum Gasteiger partial charge on any atom is -0.394 e. The number of rotatable bonds is 2. The number of nitrogens with two attached hydrogens (primary N) is 1. The molecule has 2 aliphatic rings. The molecule has 4 N–H and O–H groups in total. The number of imidazole rings is 1. The lowest BCUT2D eigenvalue weighted by Crippen LogP contribution is -2.20. The van der Waals surface area contributed by atoms with Crippen LogP contribution in [0.3, 0.4) is 0 Å². The minimum absolute atomic E-state index is 0.0143. The van der Waals surface area contributed by atoms with E-state index in [-0.39, 0.29) is 36.0 Å². The zero-order valence-electron chi connectivity index (χ0n) is 9.98. The number of ether oxygens (including phenoxy) is 1. The van der Waals surface area contributed by atoms with Crippen molar-refractivity contribution >= 4 is 17.1 Å². The SMILES string of the molecule is Nc1nc2c(ncn2[C@H]2O[C@@H](CO)[C@H]3C[C@H]32)c(=O)[nH]1. The monoisotopic (exact) mass is 263 g/mol. The number of H-pyrrole nitrogens is 1. The molecule has 0 unspecified atom stereocenters. The second-order valence-electron chi connectivity index (χ2n) is 5.09. The molecule has 0 bridgehead atoms. The summed E-state index contributed by atoms with van der Waals surface area (Å²) < 4.78 is 7.52. The number of aliphatic hydroxyl groups is 1. The predicted octanol–water partition coefficient (Wildman–Crippen LogP) is -0.772. The van der Waals surface area contributed by atoms with Gasteiger partial charge in [0.25, 0.3) is 5.56 Å². The predicted molar refractivity (Wildman–Crippen MR) is 65.2 cm³/mol. The molecule has 4 rings (SSSR count). The number of aromatic nitrogens is 4. The van der Waals surface area contributed by atoms with Crippen LogP contribution in [-0.2, 0) is 4.74 Å². The van der Waals surface area contributed by atoms with E-state index in [1.807, 2.05) is 0 Å². The van der Waals surface area contributed by atoms with Crippen LogP contribution < -0.4 is 11.3 Å². The molecular weight excluding hydrogens is 250 g/mol. The zero-order chi connectivity index (χ0) is 13.1. The lowest BCUT2D eigenvalue weighted by atomic mass is 10.2. The number of anilines is 1. The number of nitrogens with one attached hydrogen (secondary N) is 1. The van der Waals surface area contributed by atoms with Crippen molar-refractivity contribution in [3.8, 4) is 0 Å². The summed E-state index contributed by atoms with van der Waals surface area (Å²) in [4.78, 5) is 22.3. The van der Waals surface area contributed by atoms with Crippen LogP contribution in [0.2, 0.25) is 0 Å². The van der Waals surface area contributed by atoms with Crippen LogP contribution >= 0.6 is 0 Å². The van der Waals surface area contributed by atoms with E-state index in [4.69, 9.17) is 10.5 Å². The first kappa shape index (κ1) is 10.9. The first-order chi connectivity index (χ1) is 9.19. The number of nitrogen functional groups attached to an aromatic ring is 1. The molecule has 19 heavy (non-hydrogen) atoms. The summed E-state index contributed by atoms with van der Waals surface area (Å²) in [7, 11) is 0. The van der Waals surface area contributed by atoms with Gasteiger partial charge in [0.15, 0.2) is 11.2 Å². The lowest BCUT2D eigenvalue weighted by Gasteiger charge is -2.18. The number of fused-ring (bicyclic) bond motifs is 2. The summed E-state index contributed by atoms with van der Waals surface area (Å²) in [5, 5.41) is 9.24. The summed E-state index contributed by atoms with van der Waals surface area (Å²) in [6, 6.07) is 0. The maximum Gasteiger partial charge on any atom is 0.280 e. The van der Waals surface area contributed by atoms with Gasteiger partial charge in [0.2, 0.25) is 5.95 Å². The van der Waals surface area contributed by atoms with E-state index < -0.39 is 0 Å². The number of nitrogens with zero attached hydrogens (tertiary/aromatic N) is 3. The summed E-state index contributed by atoms with van der Waals surface area (Å²) in [6.45, 7) is 0.0143. The Morgan fingerprint density at radius 3 is 3.16 bits per heavy atom. The van der Waals surface area contributed by atoms with Gasteiger partial charge in [-0.3, -0.25) is 14.3 Å². The highest BCUT2D eigenvalue weighted by Crippen LogP contribution is 2.56. The molecule has 1 saturated heterocycles. The lowest BCUT2D eigenvalue weighted by molar-refractivity contribution is -0.0479. The molecule has 0 spiro atoms. The van der Waals surface area contributed by atoms with Crippen LogP contribution in [0.25, 0.3) is 11.2 Å². The third-order valence-electron chi connectivity index (χ3n) is 3.95. The van der Waals surface area contributed by atoms with Gasteiger partial charge in [-0.25, -0.2) is 4.98 Å². The van der Waals surface area contributed by atoms with E-state index in [0.717, 1.165) is 6.42 Å². The van der Waals surface area contributed by atoms with Crippen LogP contribution in [0.4, 0.5) is 5.95 Å². The van der Waals surface area contributed by atoms with Crippen LogP contribution in [0, 0.1) is 11.8 Å². The molecule has 4 atom stereocenters. The zero-order valence-corrected chi connectivity index (χ0v) is 9.98. The molecule has 0 amide bonds. The summed E-state index contributed by atoms with van der Waals surface area (Å²) >= 11 is 0. The second-order valence-corrected chi connectivity index (χ2v) is 5.09. The topological polar surface area (TPSA) is 119 Å². The molecule has 0 aromatic carbocycles. The van der Waals surface area contributed by atoms with Gasteiger partial charge < -0.3 is 15.6 Å². The Morgan fingerprint density at radius 2 is 2.42 bits per heavy atom. The van der Waals surface area contributed by atoms with Gasteiger partial charge in [-0.05, 0) is 12.3 Å². The van der Waals surface area contributed by atoms with Gasteiger partial charge in [-0.2, -0.15) is 4.98 Å². The first-order valence-electron chi connectivity index (χ1n) is 6.17. The highest BCUT2D eigenvalue weighted by molar-refractivity contribution is 5.70. The van der Waals surface area contributed by atoms with Gasteiger partial charge in [-0.1, -0.05) is 0 Å². The van der Waals surface area contributed by atoms with Crippen molar-refractivity contribution in [2.24, 2.45) is 11.8 Å². The van der Waals surface area contributed by atoms with Crippen LogP contribution in [0.15, 0.2) is 11.1 Å². The van der Waals surface area contributed by atoms with Crippen LogP contribution in [0.5, 0.6) is 0 Å². The highest BCUT2D eigenvalue weighted by atomic mass is 16.5. The van der Waals surface area contributed by atoms with Crippen molar-refractivity contribution < 1.29 is 9.84 Å². The Kier molecular flexibility index (Phi) is 2.04. The molecule has 100 valence electrons. The van der Waals surface area contributed by atoms with Crippen LogP contribution in [0.1, 0.15) is 12.6 Å². The fraction of sp³-hybridized carbons (Fsp3) is 0.545. The van der Waals surface area contributed by atoms with Gasteiger partial charge in [0.1, 0.15) is 6.23 Å². The molecular formula is C11H13N5O3. The van der Waals surface area contributed by atoms with Crippen molar-refractivity contribution in [3.63, 3.8) is 0 Å². The number of hydrogen-bond donors (Lipinski definition) is 3. The molecule has 8 nitrogen and oxygen atoms in total. The number of aromatic amines is 1. The molecule has 2 aromatic heterocycles. The summed E-state index contributed by atoms with van der Waals surface area (Å²) in [6.07, 6.45) is 2.22. The third-order valence-corrected chi connectivity index (χ3v) is 3.95. The Labute approximate surface area is 107 Å². The van der Waals surface area contributed by atoms with Gasteiger partial charge in [0, 0.05) is 5.92 Å². The molecule has 2 fully saturated rings. The maximum atomic E-state index is 11.7. The fourth-order valence-electron chi connectivity index (χ4n) is 2.95. The number of aliphatic hydroxyl groups excluding tert-OH is 1. The van der Waals surface area contributed by atoms with E-state index >= 15 is 0 Å². The normalized spacial score (nSPS) is 32.7. The molecule has 8 heteroatoms. The molecule has 1 aliphatic carbocycles. The standard InChI is InChI=1S/C11H13N5O3/c12-11-14-8-7(9(18)15-11)13-3-16(8)10-5-1-4(5)6(2-17)19-10/h3-6,10,17H,1-2H2,(H3,12,14,15,18)/t4-,5+,6-,10-/m0/s1. The minimum atomic E-state index is -0.356. The molecule has 1 saturated carbocycles. The average molecular weight is 263 g/mol. The fourth-order valence-corrected chi connectivity index (χ4v) is 2.95.